The molecule has 1 fully saturated rings. The van der Waals surface area contributed by atoms with Crippen LogP contribution in [0.15, 0.2) is 12.4 Å². The van der Waals surface area contributed by atoms with E-state index in [2.05, 4.69) is 15.1 Å². The van der Waals surface area contributed by atoms with Crippen LogP contribution < -0.4 is 0 Å². The average molecular weight is 267 g/mol. The zero-order chi connectivity index (χ0) is 13.5. The number of nitrogens with zero attached hydrogens (tertiary/aromatic N) is 5. The number of aromatic nitrogens is 3. The van der Waals surface area contributed by atoms with E-state index >= 15 is 0 Å². The summed E-state index contributed by atoms with van der Waals surface area (Å²) in [5.74, 6) is 0.0620. The van der Waals surface area contributed by atoms with Crippen molar-refractivity contribution in [3.05, 3.63) is 12.4 Å². The Bertz CT molecular complexity index is 375. The Morgan fingerprint density at radius 1 is 1.32 bits per heavy atom. The lowest BCUT2D eigenvalue weighted by molar-refractivity contribution is -0.132. The van der Waals surface area contributed by atoms with Crippen molar-refractivity contribution in [3.8, 4) is 0 Å². The minimum absolute atomic E-state index is 0.0620. The van der Waals surface area contributed by atoms with Crippen molar-refractivity contribution in [2.75, 3.05) is 45.9 Å². The highest BCUT2D eigenvalue weighted by molar-refractivity contribution is 5.75. The Morgan fingerprint density at radius 3 is 2.63 bits per heavy atom. The fourth-order valence-electron chi connectivity index (χ4n) is 2.09. The third-order valence-corrected chi connectivity index (χ3v) is 3.27. The van der Waals surface area contributed by atoms with Crippen LogP contribution in [-0.4, -0.2) is 76.6 Å². The molecule has 0 bridgehead atoms. The molecule has 1 aliphatic heterocycles. The molecule has 0 N–H and O–H groups in total. The molecule has 1 amide bonds. The van der Waals surface area contributed by atoms with Crippen molar-refractivity contribution in [2.45, 2.75) is 13.5 Å². The molecule has 0 saturated carbocycles. The average Bonchev–Trinajstić information content (AvgIpc) is 2.93. The van der Waals surface area contributed by atoms with Gasteiger partial charge in [-0.3, -0.25) is 9.69 Å². The molecule has 1 saturated heterocycles. The second kappa shape index (κ2) is 7.20. The van der Waals surface area contributed by atoms with Crippen LogP contribution >= 0.6 is 0 Å². The summed E-state index contributed by atoms with van der Waals surface area (Å²) in [5, 5.41) is 7.91. The molecule has 0 aliphatic carbocycles. The summed E-state index contributed by atoms with van der Waals surface area (Å²) >= 11 is 0. The van der Waals surface area contributed by atoms with Gasteiger partial charge in [0.2, 0.25) is 5.91 Å². The van der Waals surface area contributed by atoms with Gasteiger partial charge in [-0.05, 0) is 6.92 Å². The standard InChI is InChI=1S/C12H21N5O2/c1-2-16(6-5-15-7-9-19-10-8-15)12(18)11-17-13-3-4-14-17/h3-4H,2,5-11H2,1H3. The normalized spacial score (nSPS) is 16.5. The largest absolute Gasteiger partial charge is 0.379 e. The van der Waals surface area contributed by atoms with Gasteiger partial charge >= 0.3 is 0 Å². The van der Waals surface area contributed by atoms with Crippen molar-refractivity contribution in [1.82, 2.24) is 24.8 Å². The van der Waals surface area contributed by atoms with E-state index < -0.39 is 0 Å². The Kier molecular flexibility index (Phi) is 5.29. The summed E-state index contributed by atoms with van der Waals surface area (Å²) in [4.78, 5) is 17.7. The predicted molar refractivity (Wildman–Crippen MR) is 69.5 cm³/mol. The van der Waals surface area contributed by atoms with Crippen molar-refractivity contribution in [1.29, 1.82) is 0 Å². The molecule has 1 aromatic heterocycles. The molecule has 1 aliphatic rings. The highest BCUT2D eigenvalue weighted by Crippen LogP contribution is 1.99. The second-order valence-corrected chi connectivity index (χ2v) is 4.49. The van der Waals surface area contributed by atoms with Gasteiger partial charge in [-0.1, -0.05) is 0 Å². The molecular formula is C12H21N5O2. The molecule has 7 heteroatoms. The maximum absolute atomic E-state index is 12.1. The number of rotatable bonds is 6. The molecule has 0 atom stereocenters. The zero-order valence-electron chi connectivity index (χ0n) is 11.4. The van der Waals surface area contributed by atoms with Gasteiger partial charge in [0, 0.05) is 32.7 Å². The number of ether oxygens (including phenoxy) is 1. The Hall–Kier alpha value is -1.47. The topological polar surface area (TPSA) is 63.5 Å². The fraction of sp³-hybridized carbons (Fsp3) is 0.750. The van der Waals surface area contributed by atoms with E-state index in [9.17, 15) is 4.79 Å². The van der Waals surface area contributed by atoms with E-state index in [0.29, 0.717) is 6.54 Å². The van der Waals surface area contributed by atoms with Crippen LogP contribution in [0.3, 0.4) is 0 Å². The van der Waals surface area contributed by atoms with Gasteiger partial charge in [-0.2, -0.15) is 15.0 Å². The molecule has 106 valence electrons. The van der Waals surface area contributed by atoms with Gasteiger partial charge in [-0.25, -0.2) is 0 Å². The SMILES string of the molecule is CCN(CCN1CCOCC1)C(=O)Cn1nccn1. The molecule has 2 rings (SSSR count). The van der Waals surface area contributed by atoms with E-state index in [1.54, 1.807) is 12.4 Å². The van der Waals surface area contributed by atoms with E-state index in [4.69, 9.17) is 4.74 Å². The monoisotopic (exact) mass is 267 g/mol. The molecule has 2 heterocycles. The third kappa shape index (κ3) is 4.29. The second-order valence-electron chi connectivity index (χ2n) is 4.49. The lowest BCUT2D eigenvalue weighted by Gasteiger charge is -2.29. The minimum atomic E-state index is 0.0620. The first-order chi connectivity index (χ1) is 9.29. The van der Waals surface area contributed by atoms with Gasteiger partial charge < -0.3 is 9.64 Å². The van der Waals surface area contributed by atoms with Gasteiger partial charge in [0.05, 0.1) is 25.6 Å². The zero-order valence-corrected chi connectivity index (χ0v) is 11.4. The summed E-state index contributed by atoms with van der Waals surface area (Å²) in [6.45, 7) is 8.04. The number of likely N-dealkylation sites (N-methyl/N-ethyl adjacent to an activating group) is 1. The van der Waals surface area contributed by atoms with Crippen molar-refractivity contribution in [2.24, 2.45) is 0 Å². The van der Waals surface area contributed by atoms with Crippen LogP contribution in [-0.2, 0) is 16.1 Å². The number of hydrogen-bond acceptors (Lipinski definition) is 5. The molecule has 0 spiro atoms. The van der Waals surface area contributed by atoms with Crippen LogP contribution in [0.5, 0.6) is 0 Å². The summed E-state index contributed by atoms with van der Waals surface area (Å²) in [7, 11) is 0. The molecule has 7 nitrogen and oxygen atoms in total. The van der Waals surface area contributed by atoms with Gasteiger partial charge in [0.25, 0.3) is 0 Å². The van der Waals surface area contributed by atoms with Crippen LogP contribution in [0.4, 0.5) is 0 Å². The van der Waals surface area contributed by atoms with Crippen LogP contribution in [0, 0.1) is 0 Å². The van der Waals surface area contributed by atoms with Gasteiger partial charge in [0.1, 0.15) is 6.54 Å². The van der Waals surface area contributed by atoms with E-state index in [1.807, 2.05) is 11.8 Å². The summed E-state index contributed by atoms with van der Waals surface area (Å²) in [6, 6.07) is 0. The number of carbonyl (C=O) groups excluding carboxylic acids is 1. The number of carbonyl (C=O) groups is 1. The Morgan fingerprint density at radius 2 is 2.00 bits per heavy atom. The molecule has 0 aromatic carbocycles. The number of hydrogen-bond donors (Lipinski definition) is 0. The first-order valence-corrected chi connectivity index (χ1v) is 6.71. The highest BCUT2D eigenvalue weighted by atomic mass is 16.5. The summed E-state index contributed by atoms with van der Waals surface area (Å²) in [5.41, 5.74) is 0. The van der Waals surface area contributed by atoms with Crippen molar-refractivity contribution >= 4 is 5.91 Å². The molecule has 0 radical (unpaired) electrons. The summed E-state index contributed by atoms with van der Waals surface area (Å²) < 4.78 is 5.31. The minimum Gasteiger partial charge on any atom is -0.379 e. The maximum atomic E-state index is 12.1. The predicted octanol–water partition coefficient (Wildman–Crippen LogP) is -0.541. The van der Waals surface area contributed by atoms with Crippen molar-refractivity contribution in [3.63, 3.8) is 0 Å². The maximum Gasteiger partial charge on any atom is 0.246 e. The first-order valence-electron chi connectivity index (χ1n) is 6.71. The van der Waals surface area contributed by atoms with E-state index in [-0.39, 0.29) is 12.5 Å². The number of morpholine rings is 1. The fourth-order valence-corrected chi connectivity index (χ4v) is 2.09. The highest BCUT2D eigenvalue weighted by Gasteiger charge is 2.16. The molecule has 1 aromatic rings. The van der Waals surface area contributed by atoms with Gasteiger partial charge in [-0.15, -0.1) is 0 Å². The van der Waals surface area contributed by atoms with Crippen LogP contribution in [0.25, 0.3) is 0 Å². The van der Waals surface area contributed by atoms with E-state index in [0.717, 1.165) is 39.4 Å². The van der Waals surface area contributed by atoms with E-state index in [1.165, 1.54) is 4.80 Å². The quantitative estimate of drug-likeness (QED) is 0.692. The smallest absolute Gasteiger partial charge is 0.246 e. The molecule has 19 heavy (non-hydrogen) atoms. The Balaban J connectivity index is 1.76. The van der Waals surface area contributed by atoms with Crippen LogP contribution in [0.2, 0.25) is 0 Å². The Labute approximate surface area is 113 Å². The lowest BCUT2D eigenvalue weighted by Crippen LogP contribution is -2.43. The van der Waals surface area contributed by atoms with Gasteiger partial charge in [0.15, 0.2) is 0 Å². The third-order valence-electron chi connectivity index (χ3n) is 3.27. The summed E-state index contributed by atoms with van der Waals surface area (Å²) in [6.07, 6.45) is 3.16. The van der Waals surface area contributed by atoms with Crippen molar-refractivity contribution < 1.29 is 9.53 Å². The first kappa shape index (κ1) is 14.0. The van der Waals surface area contributed by atoms with Crippen LogP contribution in [0.1, 0.15) is 6.92 Å². The molecular weight excluding hydrogens is 246 g/mol. The molecule has 0 unspecified atom stereocenters. The number of amides is 1. The lowest BCUT2D eigenvalue weighted by atomic mass is 10.3.